The molecule has 0 N–H and O–H groups in total. The van der Waals surface area contributed by atoms with Gasteiger partial charge in [0.05, 0.1) is 2.74 Å². The van der Waals surface area contributed by atoms with Crippen molar-refractivity contribution in [3.8, 4) is 0 Å². The maximum atomic E-state index is 7.60. The Balaban J connectivity index is 3.79. The third-order valence-corrected chi connectivity index (χ3v) is 1.48. The molecule has 0 radical (unpaired) electrons. The SMILES string of the molecule is [2H]c1c(Cl)c(C([2H])([2H])[2H])c([2H])c(Cl)c1C([2H])([2H])[2H]. The van der Waals surface area contributed by atoms with E-state index in [9.17, 15) is 0 Å². The molecule has 54 valence electrons. The highest BCUT2D eigenvalue weighted by Crippen LogP contribution is 2.23. The molecule has 0 nitrogen and oxygen atoms in total. The van der Waals surface area contributed by atoms with Gasteiger partial charge in [-0.2, -0.15) is 0 Å². The summed E-state index contributed by atoms with van der Waals surface area (Å²) in [6.07, 6.45) is 0. The molecule has 0 saturated carbocycles. The van der Waals surface area contributed by atoms with Gasteiger partial charge in [-0.15, -0.1) is 0 Å². The summed E-state index contributed by atoms with van der Waals surface area (Å²) >= 11 is 11.4. The fourth-order valence-corrected chi connectivity index (χ4v) is 0.738. The van der Waals surface area contributed by atoms with E-state index >= 15 is 0 Å². The number of rotatable bonds is 0. The van der Waals surface area contributed by atoms with E-state index in [1.54, 1.807) is 0 Å². The maximum absolute atomic E-state index is 7.60. The van der Waals surface area contributed by atoms with Crippen molar-refractivity contribution in [3.05, 3.63) is 33.3 Å². The Morgan fingerprint density at radius 2 is 1.60 bits per heavy atom. The Morgan fingerprint density at radius 1 is 1.20 bits per heavy atom. The van der Waals surface area contributed by atoms with Gasteiger partial charge in [0, 0.05) is 18.3 Å². The molecule has 0 atom stereocenters. The van der Waals surface area contributed by atoms with Crippen molar-refractivity contribution in [2.75, 3.05) is 0 Å². The van der Waals surface area contributed by atoms with Crippen molar-refractivity contribution in [1.29, 1.82) is 0 Å². The Morgan fingerprint density at radius 3 is 1.90 bits per heavy atom. The van der Waals surface area contributed by atoms with Crippen molar-refractivity contribution in [1.82, 2.24) is 0 Å². The second-order valence-corrected chi connectivity index (χ2v) is 2.38. The summed E-state index contributed by atoms with van der Waals surface area (Å²) in [6.45, 7) is -5.47. The molecular weight excluding hydrogens is 167 g/mol. The van der Waals surface area contributed by atoms with E-state index in [1.807, 2.05) is 0 Å². The lowest BCUT2D eigenvalue weighted by Gasteiger charge is -2.00. The van der Waals surface area contributed by atoms with Gasteiger partial charge in [-0.05, 0) is 36.9 Å². The lowest BCUT2D eigenvalue weighted by molar-refractivity contribution is 1.40. The van der Waals surface area contributed by atoms with E-state index in [0.29, 0.717) is 0 Å². The van der Waals surface area contributed by atoms with E-state index < -0.39 is 47.0 Å². The normalized spacial score (nSPS) is 24.2. The number of halogens is 2. The second-order valence-electron chi connectivity index (χ2n) is 1.63. The fraction of sp³-hybridized carbons (Fsp3) is 0.250. The predicted octanol–water partition coefficient (Wildman–Crippen LogP) is 3.61. The minimum absolute atomic E-state index is 0.574. The Hall–Kier alpha value is -0.200. The van der Waals surface area contributed by atoms with Crippen LogP contribution in [0.15, 0.2) is 12.1 Å². The molecule has 0 aromatic heterocycles. The standard InChI is InChI=1S/C8H8Cl2/c1-5-3-8(10)6(2)4-7(5)9/h3-4H,1-2H3/i1D3,2D3,3D,4D. The minimum Gasteiger partial charge on any atom is -0.0840 e. The first-order chi connectivity index (χ1) is 7.89. The van der Waals surface area contributed by atoms with Gasteiger partial charge >= 0.3 is 0 Å². The van der Waals surface area contributed by atoms with Crippen LogP contribution in [-0.4, -0.2) is 0 Å². The summed E-state index contributed by atoms with van der Waals surface area (Å²) in [7, 11) is 0. The quantitative estimate of drug-likeness (QED) is 0.576. The Bertz CT molecular complexity index is 413. The van der Waals surface area contributed by atoms with Crippen LogP contribution in [0, 0.1) is 13.7 Å². The monoisotopic (exact) mass is 182 g/mol. The highest BCUT2D eigenvalue weighted by Gasteiger charge is 1.98. The molecular formula is C8H8Cl2. The zero-order valence-electron chi connectivity index (χ0n) is 12.8. The average molecular weight is 183 g/mol. The van der Waals surface area contributed by atoms with E-state index in [2.05, 4.69) is 0 Å². The molecule has 1 aromatic rings. The molecule has 2 heteroatoms. The van der Waals surface area contributed by atoms with Crippen molar-refractivity contribution < 1.29 is 11.0 Å². The summed E-state index contributed by atoms with van der Waals surface area (Å²) in [6, 6.07) is -1.35. The fourth-order valence-electron chi connectivity index (χ4n) is 0.454. The zero-order valence-corrected chi connectivity index (χ0v) is 6.27. The molecule has 0 aliphatic carbocycles. The van der Waals surface area contributed by atoms with Crippen LogP contribution in [-0.2, 0) is 0 Å². The van der Waals surface area contributed by atoms with Gasteiger partial charge in [0.25, 0.3) is 0 Å². The first kappa shape index (κ1) is 2.40. The van der Waals surface area contributed by atoms with Crippen LogP contribution in [0.25, 0.3) is 0 Å². The van der Waals surface area contributed by atoms with Gasteiger partial charge in [-0.1, -0.05) is 23.2 Å². The largest absolute Gasteiger partial charge is 0.0840 e. The molecule has 0 bridgehead atoms. The van der Waals surface area contributed by atoms with Gasteiger partial charge in [-0.3, -0.25) is 0 Å². The smallest absolute Gasteiger partial charge is 0.0642 e. The van der Waals surface area contributed by atoms with E-state index in [1.165, 1.54) is 0 Å². The van der Waals surface area contributed by atoms with E-state index in [-0.39, 0.29) is 0 Å². The molecule has 0 unspecified atom stereocenters. The summed E-state index contributed by atoms with van der Waals surface area (Å²) in [5.41, 5.74) is -1.21. The van der Waals surface area contributed by atoms with E-state index in [4.69, 9.17) is 34.2 Å². The molecule has 0 saturated heterocycles. The first-order valence-corrected chi connectivity index (χ1v) is 3.13. The highest BCUT2D eigenvalue weighted by molar-refractivity contribution is 6.34. The molecule has 0 aliphatic rings. The van der Waals surface area contributed by atoms with Crippen LogP contribution >= 0.6 is 23.2 Å². The molecule has 0 aliphatic heterocycles. The van der Waals surface area contributed by atoms with Crippen molar-refractivity contribution >= 4 is 23.2 Å². The van der Waals surface area contributed by atoms with Crippen LogP contribution < -0.4 is 0 Å². The van der Waals surface area contributed by atoms with Gasteiger partial charge in [0.1, 0.15) is 0 Å². The zero-order chi connectivity index (χ0) is 14.5. The van der Waals surface area contributed by atoms with E-state index in [0.717, 1.165) is 0 Å². The van der Waals surface area contributed by atoms with Crippen LogP contribution in [0.1, 0.15) is 22.1 Å². The average Bonchev–Trinajstić information content (AvgIpc) is 2.10. The van der Waals surface area contributed by atoms with Gasteiger partial charge in [0.2, 0.25) is 0 Å². The molecule has 0 heterocycles. The van der Waals surface area contributed by atoms with Crippen molar-refractivity contribution in [3.63, 3.8) is 0 Å². The molecule has 0 spiro atoms. The Labute approximate surface area is 82.0 Å². The third-order valence-electron chi connectivity index (χ3n) is 0.908. The highest BCUT2D eigenvalue weighted by atomic mass is 35.5. The summed E-state index contributed by atoms with van der Waals surface area (Å²) in [5, 5.41) is -1.15. The minimum atomic E-state index is -2.74. The predicted molar refractivity (Wildman–Crippen MR) is 45.9 cm³/mol. The van der Waals surface area contributed by atoms with Crippen LogP contribution in [0.3, 0.4) is 0 Å². The van der Waals surface area contributed by atoms with Crippen LogP contribution in [0.4, 0.5) is 0 Å². The number of hydrogen-bond acceptors (Lipinski definition) is 0. The maximum Gasteiger partial charge on any atom is 0.0642 e. The second kappa shape index (κ2) is 2.81. The van der Waals surface area contributed by atoms with Crippen molar-refractivity contribution in [2.24, 2.45) is 0 Å². The topological polar surface area (TPSA) is 0 Å². The van der Waals surface area contributed by atoms with Crippen molar-refractivity contribution in [2.45, 2.75) is 13.7 Å². The third kappa shape index (κ3) is 1.44. The molecule has 1 rings (SSSR count). The molecule has 1 aromatic carbocycles. The number of benzene rings is 1. The van der Waals surface area contributed by atoms with Crippen LogP contribution in [0.2, 0.25) is 10.0 Å². The summed E-state index contributed by atoms with van der Waals surface area (Å²) in [4.78, 5) is 0. The van der Waals surface area contributed by atoms with Gasteiger partial charge in [0.15, 0.2) is 0 Å². The summed E-state index contributed by atoms with van der Waals surface area (Å²) in [5.74, 6) is 0. The lowest BCUT2D eigenvalue weighted by Crippen LogP contribution is -1.79. The molecule has 10 heavy (non-hydrogen) atoms. The Kier molecular flexibility index (Phi) is 0.673. The molecule has 0 fully saturated rings. The van der Waals surface area contributed by atoms with Gasteiger partial charge < -0.3 is 0 Å². The summed E-state index contributed by atoms with van der Waals surface area (Å²) < 4.78 is 58.5. The molecule has 0 amide bonds. The first-order valence-electron chi connectivity index (χ1n) is 6.38. The van der Waals surface area contributed by atoms with Gasteiger partial charge in [-0.25, -0.2) is 0 Å². The number of hydrogen-bond donors (Lipinski definition) is 0. The van der Waals surface area contributed by atoms with Crippen LogP contribution in [0.5, 0.6) is 0 Å². The lowest BCUT2D eigenvalue weighted by atomic mass is 10.2.